The minimum atomic E-state index is -0.492. The predicted molar refractivity (Wildman–Crippen MR) is 101 cm³/mol. The van der Waals surface area contributed by atoms with Crippen LogP contribution in [0.15, 0.2) is 30.5 Å². The second-order valence-electron chi connectivity index (χ2n) is 5.51. The van der Waals surface area contributed by atoms with Crippen LogP contribution in [0.1, 0.15) is 31.3 Å². The van der Waals surface area contributed by atoms with Crippen LogP contribution in [0, 0.1) is 0 Å². The molecule has 0 unspecified atom stereocenters. The molecule has 0 saturated heterocycles. The summed E-state index contributed by atoms with van der Waals surface area (Å²) in [5.41, 5.74) is 1.46. The predicted octanol–water partition coefficient (Wildman–Crippen LogP) is 3.29. The maximum absolute atomic E-state index is 12.2. The number of benzene rings is 1. The highest BCUT2D eigenvalue weighted by Gasteiger charge is 2.20. The lowest BCUT2D eigenvalue weighted by molar-refractivity contribution is 0.0371. The Bertz CT molecular complexity index is 758. The third kappa shape index (κ3) is 5.18. The highest BCUT2D eigenvalue weighted by atomic mass is 32.1. The van der Waals surface area contributed by atoms with E-state index in [0.717, 1.165) is 5.69 Å². The number of hydrogen-bond donors (Lipinski definition) is 2. The number of methoxy groups -OCH3 is 1. The van der Waals surface area contributed by atoms with E-state index in [4.69, 9.17) is 21.7 Å². The van der Waals surface area contributed by atoms with Crippen LogP contribution in [0.4, 0.5) is 11.4 Å². The number of aromatic nitrogens is 2. The van der Waals surface area contributed by atoms with Gasteiger partial charge in [-0.25, -0.2) is 4.79 Å². The SMILES string of the molecule is CCn1cc(NC(=S)Nc2cccc(OC)c2)c(C(=O)OC(C)C)n1. The van der Waals surface area contributed by atoms with Crippen molar-refractivity contribution in [3.05, 3.63) is 36.2 Å². The van der Waals surface area contributed by atoms with Gasteiger partial charge < -0.3 is 20.1 Å². The monoisotopic (exact) mass is 362 g/mol. The van der Waals surface area contributed by atoms with Gasteiger partial charge in [0.05, 0.1) is 18.9 Å². The highest BCUT2D eigenvalue weighted by molar-refractivity contribution is 7.80. The molecule has 0 amide bonds. The zero-order valence-corrected chi connectivity index (χ0v) is 15.5. The number of ether oxygens (including phenoxy) is 2. The van der Waals surface area contributed by atoms with Crippen LogP contribution >= 0.6 is 12.2 Å². The van der Waals surface area contributed by atoms with Gasteiger partial charge in [-0.3, -0.25) is 4.68 Å². The van der Waals surface area contributed by atoms with Crippen molar-refractivity contribution in [1.29, 1.82) is 0 Å². The number of carbonyl (C=O) groups is 1. The van der Waals surface area contributed by atoms with Crippen molar-refractivity contribution >= 4 is 34.7 Å². The molecule has 8 heteroatoms. The molecule has 2 aromatic rings. The molecule has 134 valence electrons. The van der Waals surface area contributed by atoms with Gasteiger partial charge in [-0.05, 0) is 45.1 Å². The van der Waals surface area contributed by atoms with E-state index < -0.39 is 5.97 Å². The number of anilines is 2. The molecule has 7 nitrogen and oxygen atoms in total. The number of hydrogen-bond acceptors (Lipinski definition) is 5. The van der Waals surface area contributed by atoms with E-state index in [2.05, 4.69) is 15.7 Å². The maximum Gasteiger partial charge on any atom is 0.361 e. The molecular weight excluding hydrogens is 340 g/mol. The maximum atomic E-state index is 12.2. The quantitative estimate of drug-likeness (QED) is 0.603. The third-order valence-electron chi connectivity index (χ3n) is 3.20. The Balaban J connectivity index is 2.13. The van der Waals surface area contributed by atoms with Crippen molar-refractivity contribution in [2.45, 2.75) is 33.4 Å². The number of rotatable bonds is 6. The van der Waals surface area contributed by atoms with E-state index in [9.17, 15) is 4.79 Å². The molecule has 0 spiro atoms. The van der Waals surface area contributed by atoms with Gasteiger partial charge in [-0.15, -0.1) is 0 Å². The first kappa shape index (κ1) is 18.7. The largest absolute Gasteiger partial charge is 0.497 e. The average Bonchev–Trinajstić information content (AvgIpc) is 2.97. The Morgan fingerprint density at radius 2 is 2.12 bits per heavy atom. The topological polar surface area (TPSA) is 77.4 Å². The van der Waals surface area contributed by atoms with Crippen molar-refractivity contribution < 1.29 is 14.3 Å². The van der Waals surface area contributed by atoms with E-state index in [1.54, 1.807) is 31.8 Å². The molecule has 2 rings (SSSR count). The summed E-state index contributed by atoms with van der Waals surface area (Å²) in [5, 5.41) is 10.6. The molecule has 0 saturated carbocycles. The summed E-state index contributed by atoms with van der Waals surface area (Å²) in [6.07, 6.45) is 1.49. The number of nitrogens with zero attached hydrogens (tertiary/aromatic N) is 2. The Kier molecular flexibility index (Phi) is 6.35. The van der Waals surface area contributed by atoms with Gasteiger partial charge >= 0.3 is 5.97 Å². The van der Waals surface area contributed by atoms with Crippen LogP contribution in [0.2, 0.25) is 0 Å². The smallest absolute Gasteiger partial charge is 0.361 e. The zero-order chi connectivity index (χ0) is 18.4. The summed E-state index contributed by atoms with van der Waals surface area (Å²) in [6, 6.07) is 7.37. The highest BCUT2D eigenvalue weighted by Crippen LogP contribution is 2.19. The van der Waals surface area contributed by atoms with Crippen molar-refractivity contribution in [2.75, 3.05) is 17.7 Å². The third-order valence-corrected chi connectivity index (χ3v) is 3.40. The van der Waals surface area contributed by atoms with E-state index >= 15 is 0 Å². The number of esters is 1. The molecule has 2 N–H and O–H groups in total. The summed E-state index contributed by atoms with van der Waals surface area (Å²) in [5.74, 6) is 0.224. The van der Waals surface area contributed by atoms with Crippen LogP contribution in [0.25, 0.3) is 0 Å². The van der Waals surface area contributed by atoms with E-state index in [0.29, 0.717) is 23.1 Å². The summed E-state index contributed by atoms with van der Waals surface area (Å²) >= 11 is 5.32. The van der Waals surface area contributed by atoms with Crippen molar-refractivity contribution in [3.8, 4) is 5.75 Å². The molecule has 0 aliphatic carbocycles. The Labute approximate surface area is 152 Å². The Hall–Kier alpha value is -2.61. The Morgan fingerprint density at radius 3 is 2.76 bits per heavy atom. The van der Waals surface area contributed by atoms with E-state index in [-0.39, 0.29) is 11.8 Å². The number of thiocarbonyl (C=S) groups is 1. The van der Waals surface area contributed by atoms with Gasteiger partial charge in [0.1, 0.15) is 5.75 Å². The number of carbonyl (C=O) groups excluding carboxylic acids is 1. The van der Waals surface area contributed by atoms with Crippen LogP contribution in [0.3, 0.4) is 0 Å². The van der Waals surface area contributed by atoms with Gasteiger partial charge in [-0.2, -0.15) is 5.10 Å². The van der Waals surface area contributed by atoms with Crippen LogP contribution < -0.4 is 15.4 Å². The fourth-order valence-corrected chi connectivity index (χ4v) is 2.31. The molecule has 25 heavy (non-hydrogen) atoms. The molecule has 1 aromatic heterocycles. The Morgan fingerprint density at radius 1 is 1.36 bits per heavy atom. The minimum Gasteiger partial charge on any atom is -0.497 e. The fraction of sp³-hybridized carbons (Fsp3) is 0.353. The molecule has 1 heterocycles. The van der Waals surface area contributed by atoms with Gasteiger partial charge in [0.2, 0.25) is 0 Å². The first-order chi connectivity index (χ1) is 11.9. The average molecular weight is 362 g/mol. The second-order valence-corrected chi connectivity index (χ2v) is 5.92. The molecule has 0 radical (unpaired) electrons. The van der Waals surface area contributed by atoms with Crippen LogP contribution in [-0.2, 0) is 11.3 Å². The van der Waals surface area contributed by atoms with Crippen molar-refractivity contribution in [3.63, 3.8) is 0 Å². The molecule has 1 aromatic carbocycles. The van der Waals surface area contributed by atoms with E-state index in [1.807, 2.05) is 31.2 Å². The fourth-order valence-electron chi connectivity index (χ4n) is 2.08. The summed E-state index contributed by atoms with van der Waals surface area (Å²) < 4.78 is 12.1. The molecule has 0 atom stereocenters. The van der Waals surface area contributed by atoms with Crippen LogP contribution in [-0.4, -0.2) is 34.1 Å². The standard InChI is InChI=1S/C17H22N4O3S/c1-5-21-10-14(15(20-21)16(22)24-11(2)3)19-17(25)18-12-7-6-8-13(9-12)23-4/h6-11H,5H2,1-4H3,(H2,18,19,25). The first-order valence-corrected chi connectivity index (χ1v) is 8.34. The minimum absolute atomic E-state index is 0.199. The van der Waals surface area contributed by atoms with Crippen molar-refractivity contribution in [2.24, 2.45) is 0 Å². The van der Waals surface area contributed by atoms with Crippen molar-refractivity contribution in [1.82, 2.24) is 9.78 Å². The normalized spacial score (nSPS) is 10.4. The summed E-state index contributed by atoms with van der Waals surface area (Å²) in [6.45, 7) is 6.13. The molecule has 0 fully saturated rings. The molecular formula is C17H22N4O3S. The molecule has 0 aliphatic heterocycles. The van der Waals surface area contributed by atoms with Crippen LogP contribution in [0.5, 0.6) is 5.75 Å². The van der Waals surface area contributed by atoms with Gasteiger partial charge in [-0.1, -0.05) is 6.07 Å². The molecule has 0 aliphatic rings. The lowest BCUT2D eigenvalue weighted by atomic mass is 10.3. The lowest BCUT2D eigenvalue weighted by Crippen LogP contribution is -2.21. The summed E-state index contributed by atoms with van der Waals surface area (Å²) in [4.78, 5) is 12.2. The van der Waals surface area contributed by atoms with Gasteiger partial charge in [0.25, 0.3) is 0 Å². The van der Waals surface area contributed by atoms with E-state index in [1.165, 1.54) is 0 Å². The summed E-state index contributed by atoms with van der Waals surface area (Å²) in [7, 11) is 1.60. The zero-order valence-electron chi connectivity index (χ0n) is 14.7. The lowest BCUT2D eigenvalue weighted by Gasteiger charge is -2.11. The van der Waals surface area contributed by atoms with Gasteiger partial charge in [0, 0.05) is 24.5 Å². The first-order valence-electron chi connectivity index (χ1n) is 7.93. The second kappa shape index (κ2) is 8.48. The number of aryl methyl sites for hydroxylation is 1. The number of nitrogens with one attached hydrogen (secondary N) is 2. The molecule has 0 bridgehead atoms. The van der Waals surface area contributed by atoms with Gasteiger partial charge in [0.15, 0.2) is 10.8 Å².